The highest BCUT2D eigenvalue weighted by Crippen LogP contribution is 2.34. The molecule has 0 atom stereocenters. The van der Waals surface area contributed by atoms with E-state index < -0.39 is 12.8 Å². The quantitative estimate of drug-likeness (QED) is 0.340. The van der Waals surface area contributed by atoms with Gasteiger partial charge >= 0.3 is 6.18 Å². The van der Waals surface area contributed by atoms with Crippen LogP contribution in [0, 0.1) is 11.8 Å². The molecule has 5 rings (SSSR count). The monoisotopic (exact) mass is 534 g/mol. The Morgan fingerprint density at radius 2 is 1.89 bits per heavy atom. The van der Waals surface area contributed by atoms with Crippen molar-refractivity contribution < 1.29 is 22.7 Å². The van der Waals surface area contributed by atoms with Gasteiger partial charge < -0.3 is 9.64 Å². The van der Waals surface area contributed by atoms with Gasteiger partial charge in [0.05, 0.1) is 17.4 Å². The molecule has 0 spiro atoms. The molecule has 1 fully saturated rings. The maximum Gasteiger partial charge on any atom is 0.422 e. The molecule has 0 unspecified atom stereocenters. The van der Waals surface area contributed by atoms with Crippen molar-refractivity contribution in [3.63, 3.8) is 0 Å². The first-order valence-electron chi connectivity index (χ1n) is 13.1. The van der Waals surface area contributed by atoms with Crippen molar-refractivity contribution in [3.05, 3.63) is 40.5 Å². The van der Waals surface area contributed by atoms with E-state index in [1.807, 2.05) is 36.1 Å². The molecule has 10 heteroatoms. The first-order chi connectivity index (χ1) is 17.7. The Bertz CT molecular complexity index is 1200. The number of nitrogens with zero attached hydrogens (tertiary/aromatic N) is 4. The molecule has 1 aliphatic carbocycles. The first-order valence-corrected chi connectivity index (χ1v) is 13.9. The minimum atomic E-state index is -4.34. The number of rotatable bonds is 8. The van der Waals surface area contributed by atoms with Crippen molar-refractivity contribution in [1.82, 2.24) is 19.7 Å². The smallest absolute Gasteiger partial charge is 0.422 e. The van der Waals surface area contributed by atoms with Crippen molar-refractivity contribution in [2.75, 3.05) is 26.2 Å². The standard InChI is InChI=1S/C27H33F3N4O2S/c1-33-23-15-20(6-7-21(23)16-31-33)24(35)14-19-4-2-18(3-5-19)8-11-34-12-9-22-25(10-13-34)37-26(32-22)36-17-27(28,29)30/h6-7,15-16,18-19H,2-5,8-14,17H2,1H3. The van der Waals surface area contributed by atoms with Gasteiger partial charge in [0.2, 0.25) is 0 Å². The Labute approximate surface area is 218 Å². The van der Waals surface area contributed by atoms with Crippen LogP contribution in [0.3, 0.4) is 0 Å². The van der Waals surface area contributed by atoms with Crippen LogP contribution in [0.1, 0.15) is 59.5 Å². The summed E-state index contributed by atoms with van der Waals surface area (Å²) in [5.41, 5.74) is 2.66. The van der Waals surface area contributed by atoms with E-state index in [0.717, 1.165) is 78.8 Å². The highest BCUT2D eigenvalue weighted by atomic mass is 32.1. The summed E-state index contributed by atoms with van der Waals surface area (Å²) >= 11 is 1.25. The van der Waals surface area contributed by atoms with Gasteiger partial charge in [0.15, 0.2) is 12.4 Å². The average molecular weight is 535 g/mol. The molecular weight excluding hydrogens is 501 g/mol. The molecule has 0 bridgehead atoms. The lowest BCUT2D eigenvalue weighted by Crippen LogP contribution is -2.29. The van der Waals surface area contributed by atoms with E-state index in [2.05, 4.69) is 15.0 Å². The van der Waals surface area contributed by atoms with Crippen molar-refractivity contribution in [2.45, 2.75) is 57.5 Å². The highest BCUT2D eigenvalue weighted by molar-refractivity contribution is 7.13. The molecular formula is C27H33F3N4O2S. The van der Waals surface area contributed by atoms with Gasteiger partial charge in [-0.1, -0.05) is 36.3 Å². The fourth-order valence-electron chi connectivity index (χ4n) is 5.60. The average Bonchev–Trinajstić information content (AvgIpc) is 3.39. The largest absolute Gasteiger partial charge is 0.460 e. The van der Waals surface area contributed by atoms with E-state index in [1.165, 1.54) is 24.2 Å². The summed E-state index contributed by atoms with van der Waals surface area (Å²) in [6.45, 7) is 1.52. The van der Waals surface area contributed by atoms with Gasteiger partial charge in [0, 0.05) is 48.8 Å². The lowest BCUT2D eigenvalue weighted by Gasteiger charge is -2.30. The third-order valence-corrected chi connectivity index (χ3v) is 8.87. The molecule has 6 nitrogen and oxygen atoms in total. The molecule has 3 heterocycles. The Morgan fingerprint density at radius 1 is 1.14 bits per heavy atom. The van der Waals surface area contributed by atoms with Crippen LogP contribution in [-0.2, 0) is 19.9 Å². The van der Waals surface area contributed by atoms with E-state index in [4.69, 9.17) is 4.74 Å². The van der Waals surface area contributed by atoms with Gasteiger partial charge in [-0.2, -0.15) is 18.3 Å². The van der Waals surface area contributed by atoms with Gasteiger partial charge in [-0.3, -0.25) is 9.48 Å². The Morgan fingerprint density at radius 3 is 2.68 bits per heavy atom. The number of carbonyl (C=O) groups excluding carboxylic acids is 1. The van der Waals surface area contributed by atoms with E-state index in [1.54, 1.807) is 0 Å². The van der Waals surface area contributed by atoms with Gasteiger partial charge in [0.1, 0.15) is 0 Å². The van der Waals surface area contributed by atoms with Crippen molar-refractivity contribution >= 4 is 28.0 Å². The van der Waals surface area contributed by atoms with E-state index in [-0.39, 0.29) is 11.0 Å². The molecule has 0 amide bonds. The third kappa shape index (κ3) is 6.71. The molecule has 0 radical (unpaired) electrons. The highest BCUT2D eigenvalue weighted by Gasteiger charge is 2.30. The molecule has 2 aliphatic rings. The summed E-state index contributed by atoms with van der Waals surface area (Å²) in [5.74, 6) is 1.37. The van der Waals surface area contributed by atoms with Crippen molar-refractivity contribution in [2.24, 2.45) is 18.9 Å². The zero-order chi connectivity index (χ0) is 26.0. The van der Waals surface area contributed by atoms with Crippen molar-refractivity contribution in [3.8, 4) is 5.19 Å². The van der Waals surface area contributed by atoms with Crippen LogP contribution in [0.25, 0.3) is 10.9 Å². The number of alkyl halides is 3. The maximum atomic E-state index is 12.9. The fraction of sp³-hybridized carbons (Fsp3) is 0.593. The molecule has 200 valence electrons. The number of Topliss-reactive ketones (excluding diaryl/α,β-unsaturated/α-hetero) is 1. The van der Waals surface area contributed by atoms with Gasteiger partial charge in [-0.25, -0.2) is 4.98 Å². The molecule has 3 aromatic rings. The van der Waals surface area contributed by atoms with Crippen LogP contribution in [0.4, 0.5) is 13.2 Å². The van der Waals surface area contributed by atoms with E-state index in [9.17, 15) is 18.0 Å². The number of hydrogen-bond donors (Lipinski definition) is 0. The third-order valence-electron chi connectivity index (χ3n) is 7.80. The van der Waals surface area contributed by atoms with Crippen LogP contribution in [-0.4, -0.2) is 57.9 Å². The van der Waals surface area contributed by atoms with Gasteiger partial charge in [-0.05, 0) is 50.1 Å². The minimum Gasteiger partial charge on any atom is -0.460 e. The lowest BCUT2D eigenvalue weighted by molar-refractivity contribution is -0.153. The van der Waals surface area contributed by atoms with Crippen LogP contribution in [0.15, 0.2) is 24.4 Å². The zero-order valence-electron chi connectivity index (χ0n) is 21.1. The van der Waals surface area contributed by atoms with Crippen LogP contribution in [0.2, 0.25) is 0 Å². The Balaban J connectivity index is 1.03. The molecule has 2 aromatic heterocycles. The second-order valence-corrected chi connectivity index (χ2v) is 11.5. The fourth-order valence-corrected chi connectivity index (χ4v) is 6.55. The van der Waals surface area contributed by atoms with Crippen LogP contribution >= 0.6 is 11.3 Å². The Kier molecular flexibility index (Phi) is 7.85. The molecule has 1 saturated carbocycles. The summed E-state index contributed by atoms with van der Waals surface area (Å²) in [4.78, 5) is 20.7. The van der Waals surface area contributed by atoms with Crippen molar-refractivity contribution in [1.29, 1.82) is 0 Å². The number of aromatic nitrogens is 3. The molecule has 0 saturated heterocycles. The van der Waals surface area contributed by atoms with Gasteiger partial charge in [0.25, 0.3) is 5.19 Å². The number of ketones is 1. The molecule has 1 aliphatic heterocycles. The van der Waals surface area contributed by atoms with Crippen LogP contribution in [0.5, 0.6) is 5.19 Å². The second kappa shape index (κ2) is 11.1. The molecule has 0 N–H and O–H groups in total. The number of fused-ring (bicyclic) bond motifs is 2. The summed E-state index contributed by atoms with van der Waals surface area (Å²) < 4.78 is 43.9. The second-order valence-electron chi connectivity index (χ2n) is 10.4. The zero-order valence-corrected chi connectivity index (χ0v) is 21.9. The summed E-state index contributed by atoms with van der Waals surface area (Å²) in [7, 11) is 1.90. The number of thiazole rings is 1. The molecule has 37 heavy (non-hydrogen) atoms. The van der Waals surface area contributed by atoms with E-state index in [0.29, 0.717) is 18.3 Å². The van der Waals surface area contributed by atoms with E-state index >= 15 is 0 Å². The normalized spacial score (nSPS) is 21.1. The van der Waals surface area contributed by atoms with Crippen LogP contribution < -0.4 is 4.74 Å². The maximum absolute atomic E-state index is 12.9. The molecule has 1 aromatic carbocycles. The number of carbonyl (C=O) groups is 1. The number of hydrogen-bond acceptors (Lipinski definition) is 6. The number of aryl methyl sites for hydroxylation is 1. The number of benzene rings is 1. The summed E-state index contributed by atoms with van der Waals surface area (Å²) in [5, 5.41) is 5.44. The topological polar surface area (TPSA) is 60.2 Å². The number of halogens is 3. The Hall–Kier alpha value is -2.46. The predicted octanol–water partition coefficient (Wildman–Crippen LogP) is 5.84. The summed E-state index contributed by atoms with van der Waals surface area (Å²) in [6, 6.07) is 5.86. The predicted molar refractivity (Wildman–Crippen MR) is 137 cm³/mol. The first kappa shape index (κ1) is 26.2. The van der Waals surface area contributed by atoms with Gasteiger partial charge in [-0.15, -0.1) is 0 Å². The SMILES string of the molecule is Cn1ncc2ccc(C(=O)CC3CCC(CCN4CCc5nc(OCC(F)(F)F)sc5CC4)CC3)cc21. The summed E-state index contributed by atoms with van der Waals surface area (Å²) in [6.07, 6.45) is 5.35. The minimum absolute atomic E-state index is 0.128. The lowest BCUT2D eigenvalue weighted by atomic mass is 9.78. The number of ether oxygens (including phenoxy) is 1.